The van der Waals surface area contributed by atoms with Gasteiger partial charge in [-0.05, 0) is 42.7 Å². The molecule has 22 heavy (non-hydrogen) atoms. The van der Waals surface area contributed by atoms with Gasteiger partial charge in [-0.1, -0.05) is 12.1 Å². The predicted octanol–water partition coefficient (Wildman–Crippen LogP) is 3.64. The first-order chi connectivity index (χ1) is 10.5. The molecule has 0 atom stereocenters. The van der Waals surface area contributed by atoms with Crippen molar-refractivity contribution in [3.05, 3.63) is 59.7 Å². The Morgan fingerprint density at radius 2 is 1.77 bits per heavy atom. The number of rotatable bonds is 4. The van der Waals surface area contributed by atoms with Crippen LogP contribution >= 0.6 is 0 Å². The minimum atomic E-state index is -0.980. The van der Waals surface area contributed by atoms with Crippen LogP contribution in [-0.2, 0) is 10.2 Å². The molecule has 0 aromatic heterocycles. The summed E-state index contributed by atoms with van der Waals surface area (Å²) in [4.78, 5) is 12.5. The first-order valence-corrected chi connectivity index (χ1v) is 6.96. The van der Waals surface area contributed by atoms with Gasteiger partial charge in [-0.25, -0.2) is 8.78 Å². The largest absolute Gasteiger partial charge is 0.497 e. The Hall–Kier alpha value is -2.43. The van der Waals surface area contributed by atoms with Crippen LogP contribution in [0.15, 0.2) is 42.5 Å². The molecule has 0 aliphatic heterocycles. The van der Waals surface area contributed by atoms with E-state index in [1.54, 1.807) is 19.2 Å². The Labute approximate surface area is 126 Å². The minimum absolute atomic E-state index is 0.205. The van der Waals surface area contributed by atoms with Crippen LogP contribution in [0.2, 0.25) is 0 Å². The number of hydrogen-bond acceptors (Lipinski definition) is 2. The lowest BCUT2D eigenvalue weighted by Crippen LogP contribution is -2.27. The van der Waals surface area contributed by atoms with Crippen LogP contribution in [0.25, 0.3) is 0 Å². The van der Waals surface area contributed by atoms with Gasteiger partial charge in [0.05, 0.1) is 12.5 Å². The van der Waals surface area contributed by atoms with E-state index in [-0.39, 0.29) is 11.6 Å². The van der Waals surface area contributed by atoms with E-state index in [0.29, 0.717) is 0 Å². The highest BCUT2D eigenvalue weighted by Crippen LogP contribution is 2.49. The zero-order chi connectivity index (χ0) is 15.7. The predicted molar refractivity (Wildman–Crippen MR) is 78.9 cm³/mol. The van der Waals surface area contributed by atoms with Gasteiger partial charge in [0.2, 0.25) is 5.91 Å². The van der Waals surface area contributed by atoms with Crippen molar-refractivity contribution in [3.8, 4) is 5.75 Å². The summed E-state index contributed by atoms with van der Waals surface area (Å²) in [5.41, 5.74) is 0.564. The third-order valence-corrected chi connectivity index (χ3v) is 4.00. The smallest absolute Gasteiger partial charge is 0.235 e. The summed E-state index contributed by atoms with van der Waals surface area (Å²) in [6.07, 6.45) is 1.46. The van der Waals surface area contributed by atoms with Crippen molar-refractivity contribution >= 4 is 11.6 Å². The summed E-state index contributed by atoms with van der Waals surface area (Å²) < 4.78 is 31.2. The van der Waals surface area contributed by atoms with E-state index < -0.39 is 17.0 Å². The molecule has 3 rings (SSSR count). The second-order valence-electron chi connectivity index (χ2n) is 5.39. The molecule has 5 heteroatoms. The fourth-order valence-electron chi connectivity index (χ4n) is 2.51. The zero-order valence-corrected chi connectivity index (χ0v) is 12.0. The molecule has 0 unspecified atom stereocenters. The molecule has 1 aliphatic carbocycles. The summed E-state index contributed by atoms with van der Waals surface area (Å²) in [5, 5.41) is 2.66. The Morgan fingerprint density at radius 3 is 2.32 bits per heavy atom. The van der Waals surface area contributed by atoms with Crippen LogP contribution in [0, 0.1) is 11.6 Å². The van der Waals surface area contributed by atoms with Crippen molar-refractivity contribution < 1.29 is 18.3 Å². The average Bonchev–Trinajstić information content (AvgIpc) is 3.33. The Kier molecular flexibility index (Phi) is 3.56. The summed E-state index contributed by atoms with van der Waals surface area (Å²) in [7, 11) is 1.58. The van der Waals surface area contributed by atoms with Crippen molar-refractivity contribution in [1.82, 2.24) is 0 Å². The molecule has 114 valence electrons. The van der Waals surface area contributed by atoms with Crippen LogP contribution in [0.4, 0.5) is 14.5 Å². The molecule has 0 spiro atoms. The van der Waals surface area contributed by atoms with E-state index in [2.05, 4.69) is 5.32 Å². The van der Waals surface area contributed by atoms with E-state index in [0.717, 1.165) is 36.3 Å². The van der Waals surface area contributed by atoms with Gasteiger partial charge in [0.15, 0.2) is 11.6 Å². The van der Waals surface area contributed by atoms with Gasteiger partial charge >= 0.3 is 0 Å². The standard InChI is InChI=1S/C17H15F2NO2/c1-22-13-5-2-11(3-6-13)17(8-9-17)16(21)20-12-4-7-14(18)15(19)10-12/h2-7,10H,8-9H2,1H3,(H,20,21). The molecule has 3 nitrogen and oxygen atoms in total. The topological polar surface area (TPSA) is 38.3 Å². The number of carbonyl (C=O) groups excluding carboxylic acids is 1. The van der Waals surface area contributed by atoms with Crippen molar-refractivity contribution in [1.29, 1.82) is 0 Å². The minimum Gasteiger partial charge on any atom is -0.497 e. The summed E-state index contributed by atoms with van der Waals surface area (Å²) >= 11 is 0. The normalized spacial score (nSPS) is 15.2. The molecule has 1 fully saturated rings. The molecule has 0 saturated heterocycles. The second-order valence-corrected chi connectivity index (χ2v) is 5.39. The first-order valence-electron chi connectivity index (χ1n) is 6.96. The van der Waals surface area contributed by atoms with Gasteiger partial charge < -0.3 is 10.1 Å². The van der Waals surface area contributed by atoms with Crippen molar-refractivity contribution in [2.24, 2.45) is 0 Å². The van der Waals surface area contributed by atoms with E-state index in [1.165, 1.54) is 6.07 Å². The zero-order valence-electron chi connectivity index (χ0n) is 12.0. The van der Waals surface area contributed by atoms with E-state index in [4.69, 9.17) is 4.74 Å². The van der Waals surface area contributed by atoms with Crippen LogP contribution in [-0.4, -0.2) is 13.0 Å². The molecule has 2 aromatic rings. The molecule has 1 saturated carbocycles. The number of anilines is 1. The monoisotopic (exact) mass is 303 g/mol. The van der Waals surface area contributed by atoms with Gasteiger partial charge in [-0.3, -0.25) is 4.79 Å². The highest BCUT2D eigenvalue weighted by atomic mass is 19.2. The number of hydrogen-bond donors (Lipinski definition) is 1. The Bertz CT molecular complexity index is 709. The molecular weight excluding hydrogens is 288 g/mol. The van der Waals surface area contributed by atoms with Gasteiger partial charge in [0.25, 0.3) is 0 Å². The number of nitrogens with one attached hydrogen (secondary N) is 1. The highest BCUT2D eigenvalue weighted by molar-refractivity contribution is 6.01. The lowest BCUT2D eigenvalue weighted by atomic mass is 9.95. The third-order valence-electron chi connectivity index (χ3n) is 4.00. The van der Waals surface area contributed by atoms with Gasteiger partial charge in [-0.2, -0.15) is 0 Å². The third kappa shape index (κ3) is 2.54. The molecule has 0 heterocycles. The Morgan fingerprint density at radius 1 is 1.09 bits per heavy atom. The van der Waals surface area contributed by atoms with E-state index >= 15 is 0 Å². The van der Waals surface area contributed by atoms with Gasteiger partial charge in [-0.15, -0.1) is 0 Å². The van der Waals surface area contributed by atoms with Crippen molar-refractivity contribution in [2.75, 3.05) is 12.4 Å². The Balaban J connectivity index is 1.79. The number of carbonyl (C=O) groups is 1. The fourth-order valence-corrected chi connectivity index (χ4v) is 2.51. The summed E-state index contributed by atoms with van der Waals surface area (Å²) in [6.45, 7) is 0. The van der Waals surface area contributed by atoms with Crippen LogP contribution < -0.4 is 10.1 Å². The highest BCUT2D eigenvalue weighted by Gasteiger charge is 2.51. The van der Waals surface area contributed by atoms with Crippen LogP contribution in [0.3, 0.4) is 0 Å². The first kappa shape index (κ1) is 14.5. The maximum Gasteiger partial charge on any atom is 0.235 e. The number of benzene rings is 2. The molecule has 1 amide bonds. The van der Waals surface area contributed by atoms with Crippen LogP contribution in [0.1, 0.15) is 18.4 Å². The average molecular weight is 303 g/mol. The molecule has 0 bridgehead atoms. The van der Waals surface area contributed by atoms with E-state index in [9.17, 15) is 13.6 Å². The fraction of sp³-hybridized carbons (Fsp3) is 0.235. The van der Waals surface area contributed by atoms with Crippen molar-refractivity contribution in [2.45, 2.75) is 18.3 Å². The number of ether oxygens (including phenoxy) is 1. The number of methoxy groups -OCH3 is 1. The SMILES string of the molecule is COc1ccc(C2(C(=O)Nc3ccc(F)c(F)c3)CC2)cc1. The van der Waals surface area contributed by atoms with Crippen molar-refractivity contribution in [3.63, 3.8) is 0 Å². The second kappa shape index (κ2) is 5.40. The maximum atomic E-state index is 13.2. The van der Waals surface area contributed by atoms with Gasteiger partial charge in [0, 0.05) is 11.8 Å². The number of halogens is 2. The number of amides is 1. The maximum absolute atomic E-state index is 13.2. The molecule has 0 radical (unpaired) electrons. The summed E-state index contributed by atoms with van der Waals surface area (Å²) in [6, 6.07) is 10.7. The molecule has 1 N–H and O–H groups in total. The van der Waals surface area contributed by atoms with Crippen LogP contribution in [0.5, 0.6) is 5.75 Å². The molecule has 2 aromatic carbocycles. The molecular formula is C17H15F2NO2. The quantitative estimate of drug-likeness (QED) is 0.936. The lowest BCUT2D eigenvalue weighted by Gasteiger charge is -2.16. The molecule has 1 aliphatic rings. The summed E-state index contributed by atoms with van der Waals surface area (Å²) in [5.74, 6) is -1.40. The van der Waals surface area contributed by atoms with E-state index in [1.807, 2.05) is 12.1 Å². The lowest BCUT2D eigenvalue weighted by molar-refractivity contribution is -0.118. The van der Waals surface area contributed by atoms with Gasteiger partial charge in [0.1, 0.15) is 5.75 Å².